The molecule has 1 fully saturated rings. The van der Waals surface area contributed by atoms with Crippen LogP contribution in [-0.2, 0) is 4.74 Å². The largest absolute Gasteiger partial charge is 0.497 e. The number of hydrogen-bond donors (Lipinski definition) is 1. The summed E-state index contributed by atoms with van der Waals surface area (Å²) in [7, 11) is 1.60. The van der Waals surface area contributed by atoms with E-state index in [2.05, 4.69) is 48.3 Å². The van der Waals surface area contributed by atoms with E-state index in [1.165, 1.54) is 11.1 Å². The minimum atomic E-state index is -0.0871. The van der Waals surface area contributed by atoms with Crippen molar-refractivity contribution in [2.75, 3.05) is 40.0 Å². The molecule has 1 saturated heterocycles. The van der Waals surface area contributed by atoms with E-state index in [0.29, 0.717) is 23.8 Å². The molecular formula is C23H30N2O3. The van der Waals surface area contributed by atoms with Gasteiger partial charge in [0, 0.05) is 25.2 Å². The average molecular weight is 383 g/mol. The lowest BCUT2D eigenvalue weighted by molar-refractivity contribution is 0.0162. The van der Waals surface area contributed by atoms with E-state index in [1.807, 2.05) is 12.1 Å². The van der Waals surface area contributed by atoms with Gasteiger partial charge >= 0.3 is 0 Å². The van der Waals surface area contributed by atoms with Gasteiger partial charge in [-0.1, -0.05) is 44.2 Å². The summed E-state index contributed by atoms with van der Waals surface area (Å²) in [6, 6.07) is 16.1. The van der Waals surface area contributed by atoms with Gasteiger partial charge in [-0.25, -0.2) is 0 Å². The zero-order valence-corrected chi connectivity index (χ0v) is 17.0. The predicted molar refractivity (Wildman–Crippen MR) is 111 cm³/mol. The fraction of sp³-hybridized carbons (Fsp3) is 0.435. The number of nitrogens with zero attached hydrogens (tertiary/aromatic N) is 1. The van der Waals surface area contributed by atoms with E-state index in [-0.39, 0.29) is 11.9 Å². The molecule has 1 heterocycles. The Morgan fingerprint density at radius 1 is 1.11 bits per heavy atom. The number of hydrogen-bond acceptors (Lipinski definition) is 4. The highest BCUT2D eigenvalue weighted by Gasteiger charge is 2.23. The Kier molecular flexibility index (Phi) is 7.06. The highest BCUT2D eigenvalue weighted by molar-refractivity contribution is 5.94. The first-order valence-electron chi connectivity index (χ1n) is 9.92. The van der Waals surface area contributed by atoms with Crippen LogP contribution in [0.4, 0.5) is 0 Å². The lowest BCUT2D eigenvalue weighted by Gasteiger charge is -2.35. The fourth-order valence-electron chi connectivity index (χ4n) is 3.51. The Labute approximate surface area is 167 Å². The molecule has 1 unspecified atom stereocenters. The topological polar surface area (TPSA) is 50.8 Å². The quantitative estimate of drug-likeness (QED) is 0.795. The van der Waals surface area contributed by atoms with Crippen LogP contribution in [-0.4, -0.2) is 50.8 Å². The number of nitrogens with one attached hydrogen (secondary N) is 1. The number of ether oxygens (including phenoxy) is 2. The van der Waals surface area contributed by atoms with Crippen molar-refractivity contribution in [2.24, 2.45) is 0 Å². The molecule has 0 spiro atoms. The van der Waals surface area contributed by atoms with Crippen LogP contribution in [0.15, 0.2) is 48.5 Å². The normalized spacial score (nSPS) is 16.0. The first-order valence-corrected chi connectivity index (χ1v) is 9.92. The summed E-state index contributed by atoms with van der Waals surface area (Å²) < 4.78 is 10.7. The maximum Gasteiger partial charge on any atom is 0.251 e. The molecule has 0 aromatic heterocycles. The average Bonchev–Trinajstić information content (AvgIpc) is 2.75. The number of morpholine rings is 1. The molecule has 5 heteroatoms. The zero-order chi connectivity index (χ0) is 19.9. The molecule has 1 N–H and O–H groups in total. The molecule has 150 valence electrons. The number of carbonyl (C=O) groups excluding carboxylic acids is 1. The molecule has 1 atom stereocenters. The summed E-state index contributed by atoms with van der Waals surface area (Å²) in [6.07, 6.45) is 0. The third-order valence-electron chi connectivity index (χ3n) is 5.26. The van der Waals surface area contributed by atoms with Crippen molar-refractivity contribution in [1.29, 1.82) is 0 Å². The molecule has 2 aromatic rings. The van der Waals surface area contributed by atoms with E-state index < -0.39 is 0 Å². The highest BCUT2D eigenvalue weighted by Crippen LogP contribution is 2.24. The molecule has 0 saturated carbocycles. The van der Waals surface area contributed by atoms with Crippen LogP contribution in [0.3, 0.4) is 0 Å². The van der Waals surface area contributed by atoms with Gasteiger partial charge in [-0.15, -0.1) is 0 Å². The molecule has 2 aromatic carbocycles. The lowest BCUT2D eigenvalue weighted by atomic mass is 9.98. The van der Waals surface area contributed by atoms with Crippen molar-refractivity contribution in [2.45, 2.75) is 25.8 Å². The van der Waals surface area contributed by atoms with Crippen LogP contribution in [0, 0.1) is 0 Å². The van der Waals surface area contributed by atoms with Gasteiger partial charge in [0.15, 0.2) is 0 Å². The first-order chi connectivity index (χ1) is 13.6. The van der Waals surface area contributed by atoms with Gasteiger partial charge in [-0.05, 0) is 35.2 Å². The number of methoxy groups -OCH3 is 1. The Morgan fingerprint density at radius 3 is 2.43 bits per heavy atom. The van der Waals surface area contributed by atoms with E-state index in [9.17, 15) is 4.79 Å². The molecule has 3 rings (SSSR count). The number of amides is 1. The smallest absolute Gasteiger partial charge is 0.251 e. The molecule has 0 bridgehead atoms. The van der Waals surface area contributed by atoms with Crippen LogP contribution < -0.4 is 10.1 Å². The molecule has 28 heavy (non-hydrogen) atoms. The van der Waals surface area contributed by atoms with Crippen LogP contribution in [0.1, 0.15) is 47.3 Å². The van der Waals surface area contributed by atoms with Crippen LogP contribution in [0.2, 0.25) is 0 Å². The van der Waals surface area contributed by atoms with Crippen molar-refractivity contribution in [1.82, 2.24) is 10.2 Å². The number of carbonyl (C=O) groups is 1. The molecule has 1 aliphatic heterocycles. The van der Waals surface area contributed by atoms with Gasteiger partial charge in [-0.2, -0.15) is 0 Å². The van der Waals surface area contributed by atoms with Gasteiger partial charge in [-0.3, -0.25) is 9.69 Å². The minimum absolute atomic E-state index is 0.0871. The second kappa shape index (κ2) is 9.71. The van der Waals surface area contributed by atoms with E-state index >= 15 is 0 Å². The van der Waals surface area contributed by atoms with Gasteiger partial charge in [0.25, 0.3) is 5.91 Å². The van der Waals surface area contributed by atoms with Crippen molar-refractivity contribution in [3.8, 4) is 5.75 Å². The summed E-state index contributed by atoms with van der Waals surface area (Å²) in [5, 5.41) is 3.11. The van der Waals surface area contributed by atoms with Gasteiger partial charge in [0.2, 0.25) is 0 Å². The summed E-state index contributed by atoms with van der Waals surface area (Å²) in [4.78, 5) is 15.1. The van der Waals surface area contributed by atoms with Crippen molar-refractivity contribution in [3.05, 3.63) is 65.2 Å². The fourth-order valence-corrected chi connectivity index (χ4v) is 3.51. The Balaban J connectivity index is 1.74. The molecule has 1 amide bonds. The van der Waals surface area contributed by atoms with E-state index in [0.717, 1.165) is 26.3 Å². The third kappa shape index (κ3) is 5.12. The van der Waals surface area contributed by atoms with Gasteiger partial charge in [0.05, 0.1) is 26.4 Å². The predicted octanol–water partition coefficient (Wildman–Crippen LogP) is 3.62. The van der Waals surface area contributed by atoms with E-state index in [1.54, 1.807) is 19.2 Å². The van der Waals surface area contributed by atoms with Crippen LogP contribution >= 0.6 is 0 Å². The maximum absolute atomic E-state index is 12.7. The standard InChI is InChI=1S/C23H30N2O3/c1-17(2)18-7-9-19(10-8-18)22(25-11-13-28-14-12-25)16-24-23(26)20-5-4-6-21(15-20)27-3/h4-10,15,17,22H,11-14,16H2,1-3H3,(H,24,26). The highest BCUT2D eigenvalue weighted by atomic mass is 16.5. The third-order valence-corrected chi connectivity index (χ3v) is 5.26. The summed E-state index contributed by atoms with van der Waals surface area (Å²) >= 11 is 0. The molecule has 0 radical (unpaired) electrons. The molecule has 1 aliphatic rings. The van der Waals surface area contributed by atoms with E-state index in [4.69, 9.17) is 9.47 Å². The lowest BCUT2D eigenvalue weighted by Crippen LogP contribution is -2.43. The Morgan fingerprint density at radius 2 is 1.79 bits per heavy atom. The summed E-state index contributed by atoms with van der Waals surface area (Å²) in [5.41, 5.74) is 3.15. The SMILES string of the molecule is COc1cccc(C(=O)NCC(c2ccc(C(C)C)cc2)N2CCOCC2)c1. The number of rotatable bonds is 7. The van der Waals surface area contributed by atoms with Crippen molar-refractivity contribution >= 4 is 5.91 Å². The Hall–Kier alpha value is -2.37. The van der Waals surface area contributed by atoms with Gasteiger partial charge < -0.3 is 14.8 Å². The van der Waals surface area contributed by atoms with Crippen LogP contribution in [0.5, 0.6) is 5.75 Å². The second-order valence-electron chi connectivity index (χ2n) is 7.43. The van der Waals surface area contributed by atoms with Crippen molar-refractivity contribution < 1.29 is 14.3 Å². The van der Waals surface area contributed by atoms with Gasteiger partial charge in [0.1, 0.15) is 5.75 Å². The monoisotopic (exact) mass is 382 g/mol. The molecule has 0 aliphatic carbocycles. The minimum Gasteiger partial charge on any atom is -0.497 e. The summed E-state index contributed by atoms with van der Waals surface area (Å²) in [5.74, 6) is 1.10. The van der Waals surface area contributed by atoms with Crippen molar-refractivity contribution in [3.63, 3.8) is 0 Å². The summed E-state index contributed by atoms with van der Waals surface area (Å²) in [6.45, 7) is 8.13. The Bertz CT molecular complexity index is 768. The molecule has 5 nitrogen and oxygen atoms in total. The molecular weight excluding hydrogens is 352 g/mol. The number of benzene rings is 2. The maximum atomic E-state index is 12.7. The zero-order valence-electron chi connectivity index (χ0n) is 17.0. The second-order valence-corrected chi connectivity index (χ2v) is 7.43. The van der Waals surface area contributed by atoms with Crippen LogP contribution in [0.25, 0.3) is 0 Å². The first kappa shape index (κ1) is 20.4.